The number of aliphatic hydroxyl groups excluding tert-OH is 1. The molecule has 5 nitrogen and oxygen atoms in total. The van der Waals surface area contributed by atoms with Crippen molar-refractivity contribution in [2.45, 2.75) is 38.8 Å². The van der Waals surface area contributed by atoms with Crippen molar-refractivity contribution in [1.82, 2.24) is 4.90 Å². The molecule has 0 aromatic heterocycles. The molecule has 2 rings (SSSR count). The maximum absolute atomic E-state index is 11.9. The molecule has 0 aliphatic carbocycles. The van der Waals surface area contributed by atoms with E-state index in [1.165, 1.54) is 4.90 Å². The Morgan fingerprint density at radius 1 is 1.61 bits per heavy atom. The average molecular weight is 251 g/mol. The van der Waals surface area contributed by atoms with Crippen LogP contribution in [0.1, 0.15) is 26.7 Å². The molecular weight excluding hydrogens is 234 g/mol. The van der Waals surface area contributed by atoms with Crippen molar-refractivity contribution in [1.29, 1.82) is 0 Å². The van der Waals surface area contributed by atoms with Gasteiger partial charge < -0.3 is 15.1 Å². The number of carboxylic acid groups (broad SMARTS) is 1. The first kappa shape index (κ1) is 12.8. The number of allylic oxidation sites excluding steroid dienone is 1. The van der Waals surface area contributed by atoms with Crippen LogP contribution in [0.4, 0.5) is 0 Å². The van der Waals surface area contributed by atoms with E-state index in [1.807, 2.05) is 6.92 Å². The second-order valence-corrected chi connectivity index (χ2v) is 4.84. The number of aliphatic hydroxyl groups is 1. The molecule has 0 saturated carbocycles. The van der Waals surface area contributed by atoms with E-state index in [0.29, 0.717) is 18.4 Å². The molecule has 2 N–H and O–H groups in total. The number of β-lactam (4-membered cyclic amide) rings is 1. The minimum Gasteiger partial charge on any atom is -0.477 e. The van der Waals surface area contributed by atoms with Gasteiger partial charge in [-0.15, -0.1) is 0 Å². The van der Waals surface area contributed by atoms with Gasteiger partial charge in [0.2, 0.25) is 5.91 Å². The highest BCUT2D eigenvalue weighted by atomic mass is 16.4. The van der Waals surface area contributed by atoms with Crippen molar-refractivity contribution in [3.05, 3.63) is 23.4 Å². The Labute approximate surface area is 105 Å². The summed E-state index contributed by atoms with van der Waals surface area (Å²) in [6.45, 7) is 7.32. The van der Waals surface area contributed by atoms with E-state index in [9.17, 15) is 19.8 Å². The minimum absolute atomic E-state index is 0.0498. The summed E-state index contributed by atoms with van der Waals surface area (Å²) < 4.78 is 0. The van der Waals surface area contributed by atoms with Gasteiger partial charge >= 0.3 is 5.97 Å². The first-order valence-corrected chi connectivity index (χ1v) is 6.05. The van der Waals surface area contributed by atoms with Crippen LogP contribution in [0.15, 0.2) is 23.4 Å². The van der Waals surface area contributed by atoms with Gasteiger partial charge in [-0.2, -0.15) is 0 Å². The van der Waals surface area contributed by atoms with Crippen molar-refractivity contribution < 1.29 is 19.8 Å². The lowest BCUT2D eigenvalue weighted by Crippen LogP contribution is -2.61. The van der Waals surface area contributed by atoms with Gasteiger partial charge in [0.15, 0.2) is 0 Å². The molecule has 18 heavy (non-hydrogen) atoms. The van der Waals surface area contributed by atoms with Crippen LogP contribution >= 0.6 is 0 Å². The Morgan fingerprint density at radius 3 is 2.67 bits per heavy atom. The van der Waals surface area contributed by atoms with Gasteiger partial charge in [-0.05, 0) is 30.9 Å². The zero-order valence-electron chi connectivity index (χ0n) is 10.5. The van der Waals surface area contributed by atoms with Crippen molar-refractivity contribution in [3.8, 4) is 0 Å². The summed E-state index contributed by atoms with van der Waals surface area (Å²) in [6, 6.07) is -0.220. The first-order chi connectivity index (χ1) is 8.40. The third-order valence-electron chi connectivity index (χ3n) is 3.78. The normalized spacial score (nSPS) is 27.9. The number of nitrogens with zero attached hydrogens (tertiary/aromatic N) is 1. The highest BCUT2D eigenvalue weighted by molar-refractivity contribution is 6.00. The van der Waals surface area contributed by atoms with Crippen molar-refractivity contribution in [3.63, 3.8) is 0 Å². The van der Waals surface area contributed by atoms with Gasteiger partial charge in [-0.25, -0.2) is 4.79 Å². The van der Waals surface area contributed by atoms with Gasteiger partial charge in [0.1, 0.15) is 5.70 Å². The van der Waals surface area contributed by atoms with E-state index in [-0.39, 0.29) is 17.6 Å². The fraction of sp³-hybridized carbons (Fsp3) is 0.538. The molecule has 1 amide bonds. The highest BCUT2D eigenvalue weighted by Gasteiger charge is 2.56. The predicted molar refractivity (Wildman–Crippen MR) is 64.5 cm³/mol. The van der Waals surface area contributed by atoms with Gasteiger partial charge in [0, 0.05) is 0 Å². The van der Waals surface area contributed by atoms with Gasteiger partial charge in [-0.3, -0.25) is 4.79 Å². The number of carboxylic acids is 1. The molecular formula is C13H17NO4. The number of hydrogen-bond acceptors (Lipinski definition) is 3. The van der Waals surface area contributed by atoms with E-state index < -0.39 is 18.0 Å². The Balaban J connectivity index is 2.36. The number of carbonyl (C=O) groups is 2. The number of hydrogen-bond donors (Lipinski definition) is 2. The molecule has 2 aliphatic rings. The molecule has 0 spiro atoms. The van der Waals surface area contributed by atoms with Crippen molar-refractivity contribution >= 4 is 11.9 Å². The average Bonchev–Trinajstić information content (AvgIpc) is 2.62. The number of fused-ring (bicyclic) bond motifs is 1. The molecule has 0 radical (unpaired) electrons. The molecule has 2 heterocycles. The number of amides is 1. The van der Waals surface area contributed by atoms with E-state index >= 15 is 0 Å². The summed E-state index contributed by atoms with van der Waals surface area (Å²) in [5.74, 6) is -1.88. The molecule has 0 bridgehead atoms. The SMILES string of the molecule is C=C(CC)C1=C(C(=O)O)N2C(=O)[C@H]([C@@H](C)O)[C@H]2C1. The summed E-state index contributed by atoms with van der Waals surface area (Å²) in [4.78, 5) is 24.5. The minimum atomic E-state index is -1.10. The molecule has 1 saturated heterocycles. The van der Waals surface area contributed by atoms with Crippen molar-refractivity contribution in [2.75, 3.05) is 0 Å². The molecule has 3 atom stereocenters. The van der Waals surface area contributed by atoms with Crippen LogP contribution in [0.3, 0.4) is 0 Å². The van der Waals surface area contributed by atoms with Crippen LogP contribution in [0.5, 0.6) is 0 Å². The van der Waals surface area contributed by atoms with Crippen LogP contribution in [0, 0.1) is 5.92 Å². The number of carbonyl (C=O) groups excluding carboxylic acids is 1. The number of rotatable bonds is 4. The molecule has 0 aromatic carbocycles. The van der Waals surface area contributed by atoms with Crippen LogP contribution < -0.4 is 0 Å². The largest absolute Gasteiger partial charge is 0.477 e. The molecule has 0 aromatic rings. The zero-order chi connectivity index (χ0) is 13.6. The molecule has 98 valence electrons. The topological polar surface area (TPSA) is 77.8 Å². The molecule has 1 fully saturated rings. The third-order valence-corrected chi connectivity index (χ3v) is 3.78. The third kappa shape index (κ3) is 1.58. The Bertz CT molecular complexity index is 464. The monoisotopic (exact) mass is 251 g/mol. The maximum atomic E-state index is 11.9. The zero-order valence-corrected chi connectivity index (χ0v) is 10.5. The number of aliphatic carboxylic acids is 1. The van der Waals surface area contributed by atoms with Crippen LogP contribution in [0.25, 0.3) is 0 Å². The smallest absolute Gasteiger partial charge is 0.352 e. The molecule has 2 aliphatic heterocycles. The Hall–Kier alpha value is -1.62. The summed E-state index contributed by atoms with van der Waals surface area (Å²) in [5.41, 5.74) is 1.44. The maximum Gasteiger partial charge on any atom is 0.352 e. The fourth-order valence-electron chi connectivity index (χ4n) is 2.80. The Morgan fingerprint density at radius 2 is 2.22 bits per heavy atom. The van der Waals surface area contributed by atoms with E-state index in [1.54, 1.807) is 6.92 Å². The summed E-state index contributed by atoms with van der Waals surface area (Å²) in [5, 5.41) is 18.8. The fourth-order valence-corrected chi connectivity index (χ4v) is 2.80. The standard InChI is InChI=1S/C13H17NO4/c1-4-6(2)8-5-9-10(7(3)15)12(16)14(9)11(8)13(17)18/h7,9-10,15H,2,4-5H2,1,3H3,(H,17,18)/t7-,9-,10-/m1/s1. The second-order valence-electron chi connectivity index (χ2n) is 4.84. The molecule has 5 heteroatoms. The van der Waals surface area contributed by atoms with Crippen LogP contribution in [0.2, 0.25) is 0 Å². The summed E-state index contributed by atoms with van der Waals surface area (Å²) in [6.07, 6.45) is 0.388. The lowest BCUT2D eigenvalue weighted by atomic mass is 9.82. The summed E-state index contributed by atoms with van der Waals surface area (Å²) in [7, 11) is 0. The van der Waals surface area contributed by atoms with Crippen LogP contribution in [-0.2, 0) is 9.59 Å². The Kier molecular flexibility index (Phi) is 3.02. The molecule has 0 unspecified atom stereocenters. The van der Waals surface area contributed by atoms with Gasteiger partial charge in [-0.1, -0.05) is 13.5 Å². The van der Waals surface area contributed by atoms with Crippen LogP contribution in [-0.4, -0.2) is 39.1 Å². The highest BCUT2D eigenvalue weighted by Crippen LogP contribution is 2.45. The quantitative estimate of drug-likeness (QED) is 0.728. The predicted octanol–water partition coefficient (Wildman–Crippen LogP) is 0.903. The summed E-state index contributed by atoms with van der Waals surface area (Å²) >= 11 is 0. The second kappa shape index (κ2) is 4.24. The van der Waals surface area contributed by atoms with E-state index in [4.69, 9.17) is 0 Å². The first-order valence-electron chi connectivity index (χ1n) is 6.05. The van der Waals surface area contributed by atoms with Gasteiger partial charge in [0.05, 0.1) is 18.1 Å². The lowest BCUT2D eigenvalue weighted by molar-refractivity contribution is -0.161. The van der Waals surface area contributed by atoms with Crippen molar-refractivity contribution in [2.24, 2.45) is 5.92 Å². The van der Waals surface area contributed by atoms with E-state index in [2.05, 4.69) is 6.58 Å². The van der Waals surface area contributed by atoms with E-state index in [0.717, 1.165) is 5.57 Å². The van der Waals surface area contributed by atoms with Gasteiger partial charge in [0.25, 0.3) is 0 Å². The lowest BCUT2D eigenvalue weighted by Gasteiger charge is -2.44.